The summed E-state index contributed by atoms with van der Waals surface area (Å²) in [6.07, 6.45) is -0.196. The molecule has 0 spiro atoms. The van der Waals surface area contributed by atoms with Crippen LogP contribution in [-0.4, -0.2) is 35.0 Å². The van der Waals surface area contributed by atoms with E-state index in [9.17, 15) is 9.59 Å². The van der Waals surface area contributed by atoms with Gasteiger partial charge in [0.1, 0.15) is 6.04 Å². The molecule has 104 valence electrons. The maximum absolute atomic E-state index is 11.8. The van der Waals surface area contributed by atoms with Gasteiger partial charge in [0.25, 0.3) is 0 Å². The van der Waals surface area contributed by atoms with Gasteiger partial charge in [-0.15, -0.1) is 0 Å². The number of halogens is 1. The molecule has 0 saturated carbocycles. The molecule has 0 aliphatic rings. The van der Waals surface area contributed by atoms with Crippen LogP contribution in [0.3, 0.4) is 0 Å². The molecule has 1 rings (SSSR count). The summed E-state index contributed by atoms with van der Waals surface area (Å²) in [5, 5.41) is 8.68. The van der Waals surface area contributed by atoms with Crippen molar-refractivity contribution in [2.24, 2.45) is 5.73 Å². The number of carboxylic acid groups (broad SMARTS) is 1. The average Bonchev–Trinajstić information content (AvgIpc) is 2.33. The van der Waals surface area contributed by atoms with Crippen molar-refractivity contribution in [3.05, 3.63) is 33.8 Å². The van der Waals surface area contributed by atoms with Crippen LogP contribution >= 0.6 is 15.9 Å². The highest BCUT2D eigenvalue weighted by molar-refractivity contribution is 9.10. The smallest absolute Gasteiger partial charge is 0.321 e. The van der Waals surface area contributed by atoms with Gasteiger partial charge in [-0.3, -0.25) is 9.59 Å². The minimum Gasteiger partial charge on any atom is -0.480 e. The molecule has 0 aliphatic carbocycles. The molecule has 1 aromatic carbocycles. The van der Waals surface area contributed by atoms with Gasteiger partial charge in [-0.25, -0.2) is 0 Å². The summed E-state index contributed by atoms with van der Waals surface area (Å²) in [7, 11) is 1.64. The van der Waals surface area contributed by atoms with E-state index in [4.69, 9.17) is 10.8 Å². The zero-order valence-corrected chi connectivity index (χ0v) is 12.5. The molecule has 1 atom stereocenters. The van der Waals surface area contributed by atoms with Gasteiger partial charge in [0.2, 0.25) is 5.91 Å². The third kappa shape index (κ3) is 4.65. The number of nitrogens with zero attached hydrogens (tertiary/aromatic N) is 1. The zero-order valence-electron chi connectivity index (χ0n) is 10.9. The second kappa shape index (κ2) is 6.68. The summed E-state index contributed by atoms with van der Waals surface area (Å²) in [6.45, 7) is 2.39. The minimum atomic E-state index is -1.17. The van der Waals surface area contributed by atoms with Gasteiger partial charge in [0.05, 0.1) is 6.42 Å². The molecule has 1 amide bonds. The molecule has 3 N–H and O–H groups in total. The largest absolute Gasteiger partial charge is 0.480 e. The van der Waals surface area contributed by atoms with Gasteiger partial charge in [-0.1, -0.05) is 22.0 Å². The number of aliphatic carboxylic acids is 1. The molecule has 0 aliphatic heterocycles. The maximum Gasteiger partial charge on any atom is 0.321 e. The molecule has 0 radical (unpaired) electrons. The molecule has 0 fully saturated rings. The number of benzene rings is 1. The van der Waals surface area contributed by atoms with Gasteiger partial charge < -0.3 is 15.7 Å². The first-order valence-electron chi connectivity index (χ1n) is 5.78. The van der Waals surface area contributed by atoms with Gasteiger partial charge in [0.15, 0.2) is 0 Å². The van der Waals surface area contributed by atoms with Crippen LogP contribution in [0.1, 0.15) is 17.5 Å². The lowest BCUT2D eigenvalue weighted by atomic mass is 10.1. The average molecular weight is 329 g/mol. The Labute approximate surface area is 120 Å². The van der Waals surface area contributed by atoms with Crippen LogP contribution in [0, 0.1) is 6.92 Å². The van der Waals surface area contributed by atoms with E-state index in [-0.39, 0.29) is 12.3 Å². The molecule has 0 heterocycles. The number of rotatable bonds is 5. The number of nitrogens with two attached hydrogens (primary N) is 1. The van der Waals surface area contributed by atoms with Crippen molar-refractivity contribution in [1.29, 1.82) is 0 Å². The van der Waals surface area contributed by atoms with Crippen molar-refractivity contribution >= 4 is 27.8 Å². The topological polar surface area (TPSA) is 83.6 Å². The molecule has 19 heavy (non-hydrogen) atoms. The number of carbonyl (C=O) groups excluding carboxylic acids is 1. The SMILES string of the molecule is Cc1ccc(Br)cc1CN(C)C(=O)CC(N)C(=O)O. The fraction of sp³-hybridized carbons (Fsp3) is 0.385. The van der Waals surface area contributed by atoms with Gasteiger partial charge >= 0.3 is 5.97 Å². The summed E-state index contributed by atoms with van der Waals surface area (Å²) >= 11 is 3.38. The number of carbonyl (C=O) groups is 2. The highest BCUT2D eigenvalue weighted by Crippen LogP contribution is 2.17. The van der Waals surface area contributed by atoms with Crippen molar-refractivity contribution in [3.63, 3.8) is 0 Å². The number of aryl methyl sites for hydroxylation is 1. The summed E-state index contributed by atoms with van der Waals surface area (Å²) in [6, 6.07) is 4.68. The minimum absolute atomic E-state index is 0.196. The first kappa shape index (κ1) is 15.7. The Bertz CT molecular complexity index is 491. The predicted octanol–water partition coefficient (Wildman–Crippen LogP) is 1.52. The fourth-order valence-electron chi connectivity index (χ4n) is 1.59. The lowest BCUT2D eigenvalue weighted by Gasteiger charge is -2.19. The van der Waals surface area contributed by atoms with Crippen molar-refractivity contribution in [1.82, 2.24) is 4.90 Å². The lowest BCUT2D eigenvalue weighted by molar-refractivity contribution is -0.142. The molecule has 0 saturated heterocycles. The van der Waals surface area contributed by atoms with Gasteiger partial charge in [-0.05, 0) is 30.2 Å². The predicted molar refractivity (Wildman–Crippen MR) is 75.6 cm³/mol. The van der Waals surface area contributed by atoms with E-state index >= 15 is 0 Å². The number of carboxylic acids is 1. The highest BCUT2D eigenvalue weighted by Gasteiger charge is 2.19. The van der Waals surface area contributed by atoms with Crippen molar-refractivity contribution < 1.29 is 14.7 Å². The monoisotopic (exact) mass is 328 g/mol. The van der Waals surface area contributed by atoms with E-state index in [1.165, 1.54) is 4.90 Å². The first-order chi connectivity index (χ1) is 8.81. The molecule has 0 aromatic heterocycles. The maximum atomic E-state index is 11.8. The second-order valence-corrected chi connectivity index (χ2v) is 5.39. The quantitative estimate of drug-likeness (QED) is 0.858. The highest BCUT2D eigenvalue weighted by atomic mass is 79.9. The molecular formula is C13H17BrN2O3. The lowest BCUT2D eigenvalue weighted by Crippen LogP contribution is -2.37. The Balaban J connectivity index is 2.68. The number of hydrogen-bond donors (Lipinski definition) is 2. The van der Waals surface area contributed by atoms with Crippen LogP contribution in [0.4, 0.5) is 0 Å². The van der Waals surface area contributed by atoms with E-state index in [0.717, 1.165) is 15.6 Å². The van der Waals surface area contributed by atoms with E-state index in [2.05, 4.69) is 15.9 Å². The Morgan fingerprint density at radius 2 is 2.11 bits per heavy atom. The second-order valence-electron chi connectivity index (χ2n) is 4.47. The third-order valence-electron chi connectivity index (χ3n) is 2.86. The number of hydrogen-bond acceptors (Lipinski definition) is 3. The van der Waals surface area contributed by atoms with E-state index in [0.29, 0.717) is 6.54 Å². The molecule has 1 unspecified atom stereocenters. The zero-order chi connectivity index (χ0) is 14.6. The summed E-state index contributed by atoms with van der Waals surface area (Å²) in [5.74, 6) is -1.45. The Hall–Kier alpha value is -1.40. The van der Waals surface area contributed by atoms with Crippen molar-refractivity contribution in [2.75, 3.05) is 7.05 Å². The molecule has 0 bridgehead atoms. The van der Waals surface area contributed by atoms with E-state index < -0.39 is 12.0 Å². The standard InChI is InChI=1S/C13H17BrN2O3/c1-8-3-4-10(14)5-9(8)7-16(2)12(17)6-11(15)13(18)19/h3-5,11H,6-7,15H2,1-2H3,(H,18,19). The Kier molecular flexibility index (Phi) is 5.50. The third-order valence-corrected chi connectivity index (χ3v) is 3.35. The molecular weight excluding hydrogens is 312 g/mol. The van der Waals surface area contributed by atoms with Gasteiger partial charge in [-0.2, -0.15) is 0 Å². The van der Waals surface area contributed by atoms with Crippen LogP contribution in [0.5, 0.6) is 0 Å². The molecule has 1 aromatic rings. The van der Waals surface area contributed by atoms with Crippen LogP contribution in [-0.2, 0) is 16.1 Å². The molecule has 6 heteroatoms. The summed E-state index contributed by atoms with van der Waals surface area (Å²) < 4.78 is 0.941. The Morgan fingerprint density at radius 3 is 2.68 bits per heavy atom. The van der Waals surface area contributed by atoms with Crippen LogP contribution in [0.25, 0.3) is 0 Å². The summed E-state index contributed by atoms with van der Waals surface area (Å²) in [4.78, 5) is 23.9. The normalized spacial score (nSPS) is 12.0. The number of amides is 1. The first-order valence-corrected chi connectivity index (χ1v) is 6.58. The van der Waals surface area contributed by atoms with E-state index in [1.54, 1.807) is 7.05 Å². The van der Waals surface area contributed by atoms with Crippen LogP contribution in [0.15, 0.2) is 22.7 Å². The van der Waals surface area contributed by atoms with Crippen molar-refractivity contribution in [3.8, 4) is 0 Å². The summed E-state index contributed by atoms with van der Waals surface area (Å²) in [5.41, 5.74) is 7.43. The van der Waals surface area contributed by atoms with Crippen molar-refractivity contribution in [2.45, 2.75) is 25.9 Å². The van der Waals surface area contributed by atoms with Crippen LogP contribution in [0.2, 0.25) is 0 Å². The Morgan fingerprint density at radius 1 is 1.47 bits per heavy atom. The van der Waals surface area contributed by atoms with E-state index in [1.807, 2.05) is 25.1 Å². The van der Waals surface area contributed by atoms with Gasteiger partial charge in [0, 0.05) is 18.1 Å². The fourth-order valence-corrected chi connectivity index (χ4v) is 1.99. The molecule has 5 nitrogen and oxygen atoms in total. The van der Waals surface area contributed by atoms with Crippen LogP contribution < -0.4 is 5.73 Å².